The van der Waals surface area contributed by atoms with Crippen molar-refractivity contribution in [3.8, 4) is 0 Å². The number of sulfonamides is 1. The molecule has 0 radical (unpaired) electrons. The average molecular weight is 475 g/mol. The molecule has 2 aromatic carbocycles. The number of amides is 1. The summed E-state index contributed by atoms with van der Waals surface area (Å²) >= 11 is 0. The number of anilines is 1. The number of carbonyl (C=O) groups excluding carboxylic acids is 1. The Labute approximate surface area is 181 Å². The van der Waals surface area contributed by atoms with Crippen LogP contribution < -0.4 is 9.62 Å². The molecule has 170 valence electrons. The van der Waals surface area contributed by atoms with Gasteiger partial charge in [-0.25, -0.2) is 25.6 Å². The number of rotatable bonds is 9. The van der Waals surface area contributed by atoms with Gasteiger partial charge < -0.3 is 5.32 Å². The molecule has 0 heterocycles. The number of halogens is 2. The molecule has 2 aromatic rings. The topological polar surface area (TPSA) is 101 Å². The lowest BCUT2D eigenvalue weighted by Crippen LogP contribution is -2.32. The van der Waals surface area contributed by atoms with Gasteiger partial charge in [-0.05, 0) is 43.2 Å². The Kier molecular flexibility index (Phi) is 7.77. The molecule has 11 heteroatoms. The van der Waals surface area contributed by atoms with Crippen LogP contribution >= 0.6 is 0 Å². The number of hydrogen-bond donors (Lipinski definition) is 1. The third-order valence-corrected chi connectivity index (χ3v) is 6.86. The molecule has 0 saturated heterocycles. The van der Waals surface area contributed by atoms with Crippen molar-refractivity contribution in [3.63, 3.8) is 0 Å². The standard InChI is InChI=1S/C20H24F2N2O5S2/c1-14(15-6-9-17(10-7-15)30(2,26)27)23-20(25)5-4-12-24(31(3,28)29)16-8-11-18(21)19(22)13-16/h6-11,13-14H,4-5,12H2,1-3H3,(H,23,25)/t14-/m1/s1. The average Bonchev–Trinajstić information content (AvgIpc) is 2.66. The summed E-state index contributed by atoms with van der Waals surface area (Å²) in [6.07, 6.45) is 2.20. The van der Waals surface area contributed by atoms with Gasteiger partial charge in [-0.1, -0.05) is 12.1 Å². The van der Waals surface area contributed by atoms with E-state index in [1.54, 1.807) is 19.1 Å². The fourth-order valence-corrected chi connectivity index (χ4v) is 4.50. The lowest BCUT2D eigenvalue weighted by atomic mass is 10.1. The molecule has 31 heavy (non-hydrogen) atoms. The summed E-state index contributed by atoms with van der Waals surface area (Å²) in [5.74, 6) is -2.59. The normalized spacial score (nSPS) is 12.9. The largest absolute Gasteiger partial charge is 0.350 e. The van der Waals surface area contributed by atoms with E-state index in [1.807, 2.05) is 0 Å². The third-order valence-electron chi connectivity index (χ3n) is 4.54. The fourth-order valence-electron chi connectivity index (χ4n) is 2.91. The lowest BCUT2D eigenvalue weighted by molar-refractivity contribution is -0.121. The van der Waals surface area contributed by atoms with Crippen LogP contribution in [0.4, 0.5) is 14.5 Å². The van der Waals surface area contributed by atoms with Crippen LogP contribution in [0.5, 0.6) is 0 Å². The van der Waals surface area contributed by atoms with Gasteiger partial charge in [0.05, 0.1) is 22.9 Å². The lowest BCUT2D eigenvalue weighted by Gasteiger charge is -2.22. The minimum Gasteiger partial charge on any atom is -0.350 e. The molecule has 1 amide bonds. The van der Waals surface area contributed by atoms with E-state index in [4.69, 9.17) is 0 Å². The van der Waals surface area contributed by atoms with Crippen molar-refractivity contribution in [2.45, 2.75) is 30.7 Å². The molecule has 0 fully saturated rings. The van der Waals surface area contributed by atoms with E-state index >= 15 is 0 Å². The number of sulfone groups is 1. The minimum absolute atomic E-state index is 0.00145. The van der Waals surface area contributed by atoms with Gasteiger partial charge in [0.25, 0.3) is 0 Å². The van der Waals surface area contributed by atoms with Crippen LogP contribution in [0.2, 0.25) is 0 Å². The molecular formula is C20H24F2N2O5S2. The van der Waals surface area contributed by atoms with E-state index in [0.717, 1.165) is 35.0 Å². The predicted octanol–water partition coefficient (Wildman–Crippen LogP) is 2.79. The Morgan fingerprint density at radius 3 is 2.13 bits per heavy atom. The molecule has 0 spiro atoms. The zero-order valence-corrected chi connectivity index (χ0v) is 18.9. The maximum Gasteiger partial charge on any atom is 0.232 e. The minimum atomic E-state index is -3.76. The number of benzene rings is 2. The molecule has 0 aliphatic carbocycles. The van der Waals surface area contributed by atoms with Crippen LogP contribution in [0, 0.1) is 11.6 Å². The first-order valence-electron chi connectivity index (χ1n) is 9.31. The van der Waals surface area contributed by atoms with E-state index < -0.39 is 37.5 Å². The van der Waals surface area contributed by atoms with Crippen LogP contribution in [-0.2, 0) is 24.7 Å². The summed E-state index contributed by atoms with van der Waals surface area (Å²) in [5.41, 5.74) is 0.682. The van der Waals surface area contributed by atoms with Gasteiger partial charge in [-0.15, -0.1) is 0 Å². The molecular weight excluding hydrogens is 450 g/mol. The van der Waals surface area contributed by atoms with Gasteiger partial charge in [-0.3, -0.25) is 9.10 Å². The highest BCUT2D eigenvalue weighted by atomic mass is 32.2. The first kappa shape index (κ1) is 24.7. The summed E-state index contributed by atoms with van der Waals surface area (Å²) < 4.78 is 74.6. The van der Waals surface area contributed by atoms with E-state index in [9.17, 15) is 30.4 Å². The highest BCUT2D eigenvalue weighted by Gasteiger charge is 2.19. The Bertz CT molecular complexity index is 1150. The highest BCUT2D eigenvalue weighted by Crippen LogP contribution is 2.21. The second-order valence-electron chi connectivity index (χ2n) is 7.17. The van der Waals surface area contributed by atoms with Crippen molar-refractivity contribution < 1.29 is 30.4 Å². The van der Waals surface area contributed by atoms with Gasteiger partial charge in [0, 0.05) is 25.3 Å². The van der Waals surface area contributed by atoms with Crippen molar-refractivity contribution in [1.29, 1.82) is 0 Å². The monoisotopic (exact) mass is 474 g/mol. The van der Waals surface area contributed by atoms with E-state index in [0.29, 0.717) is 5.56 Å². The first-order valence-corrected chi connectivity index (χ1v) is 13.0. The van der Waals surface area contributed by atoms with E-state index in [-0.39, 0.29) is 35.9 Å². The van der Waals surface area contributed by atoms with Gasteiger partial charge in [0.2, 0.25) is 15.9 Å². The molecule has 2 rings (SSSR count). The summed E-state index contributed by atoms with van der Waals surface area (Å²) in [7, 11) is -7.08. The number of carbonyl (C=O) groups is 1. The maximum absolute atomic E-state index is 13.5. The summed E-state index contributed by atoms with van der Waals surface area (Å²) in [4.78, 5) is 12.4. The van der Waals surface area contributed by atoms with E-state index in [2.05, 4.69) is 5.32 Å². The Morgan fingerprint density at radius 2 is 1.61 bits per heavy atom. The molecule has 0 aliphatic heterocycles. The summed E-state index contributed by atoms with van der Waals surface area (Å²) in [6.45, 7) is 1.65. The Hall–Kier alpha value is -2.53. The maximum atomic E-state index is 13.5. The van der Waals surface area contributed by atoms with Crippen LogP contribution in [-0.4, -0.2) is 41.8 Å². The third kappa shape index (κ3) is 7.00. The molecule has 0 aliphatic rings. The van der Waals surface area contributed by atoms with Gasteiger partial charge >= 0.3 is 0 Å². The van der Waals surface area contributed by atoms with Crippen LogP contribution in [0.3, 0.4) is 0 Å². The molecule has 0 bridgehead atoms. The summed E-state index contributed by atoms with van der Waals surface area (Å²) in [6, 6.07) is 8.52. The van der Waals surface area contributed by atoms with Gasteiger partial charge in [0.15, 0.2) is 21.5 Å². The smallest absolute Gasteiger partial charge is 0.232 e. The second kappa shape index (κ2) is 9.73. The highest BCUT2D eigenvalue weighted by molar-refractivity contribution is 7.92. The molecule has 0 saturated carbocycles. The fraction of sp³-hybridized carbons (Fsp3) is 0.350. The van der Waals surface area contributed by atoms with Crippen molar-refractivity contribution in [1.82, 2.24) is 5.32 Å². The van der Waals surface area contributed by atoms with Crippen LogP contribution in [0.1, 0.15) is 31.4 Å². The molecule has 1 N–H and O–H groups in total. The molecule has 0 unspecified atom stereocenters. The predicted molar refractivity (Wildman–Crippen MR) is 114 cm³/mol. The van der Waals surface area contributed by atoms with Crippen molar-refractivity contribution in [3.05, 3.63) is 59.7 Å². The molecule has 0 aromatic heterocycles. The van der Waals surface area contributed by atoms with Crippen molar-refractivity contribution in [2.75, 3.05) is 23.4 Å². The van der Waals surface area contributed by atoms with Crippen LogP contribution in [0.25, 0.3) is 0 Å². The van der Waals surface area contributed by atoms with Crippen LogP contribution in [0.15, 0.2) is 47.4 Å². The number of hydrogen-bond acceptors (Lipinski definition) is 5. The molecule has 7 nitrogen and oxygen atoms in total. The number of nitrogens with one attached hydrogen (secondary N) is 1. The first-order chi connectivity index (χ1) is 14.3. The SMILES string of the molecule is C[C@@H](NC(=O)CCCN(c1ccc(F)c(F)c1)S(C)(=O)=O)c1ccc(S(C)(=O)=O)cc1. The van der Waals surface area contributed by atoms with Crippen molar-refractivity contribution in [2.24, 2.45) is 0 Å². The second-order valence-corrected chi connectivity index (χ2v) is 11.1. The quantitative estimate of drug-likeness (QED) is 0.602. The Balaban J connectivity index is 1.96. The summed E-state index contributed by atoms with van der Waals surface area (Å²) in [5, 5.41) is 2.76. The molecule has 1 atom stereocenters. The zero-order valence-electron chi connectivity index (χ0n) is 17.3. The number of nitrogens with zero attached hydrogens (tertiary/aromatic N) is 1. The Morgan fingerprint density at radius 1 is 1.00 bits per heavy atom. The zero-order chi connectivity index (χ0) is 23.4. The van der Waals surface area contributed by atoms with Gasteiger partial charge in [-0.2, -0.15) is 0 Å². The van der Waals surface area contributed by atoms with E-state index in [1.165, 1.54) is 12.1 Å². The van der Waals surface area contributed by atoms with Gasteiger partial charge in [0.1, 0.15) is 0 Å². The van der Waals surface area contributed by atoms with Crippen molar-refractivity contribution >= 4 is 31.5 Å².